The van der Waals surface area contributed by atoms with Crippen LogP contribution in [0.1, 0.15) is 21.5 Å². The van der Waals surface area contributed by atoms with Crippen LogP contribution in [0.15, 0.2) is 59.2 Å². The first-order valence-electron chi connectivity index (χ1n) is 7.04. The van der Waals surface area contributed by atoms with E-state index in [9.17, 15) is 9.59 Å². The van der Waals surface area contributed by atoms with Crippen LogP contribution in [0.25, 0.3) is 6.08 Å². The Labute approximate surface area is 152 Å². The summed E-state index contributed by atoms with van der Waals surface area (Å²) in [5.74, 6) is -0.622. The van der Waals surface area contributed by atoms with Crippen molar-refractivity contribution in [1.29, 1.82) is 0 Å². The zero-order chi connectivity index (χ0) is 17.1. The molecule has 0 radical (unpaired) electrons. The molecule has 0 aliphatic carbocycles. The maximum absolute atomic E-state index is 12.0. The summed E-state index contributed by atoms with van der Waals surface area (Å²) < 4.78 is 11.0. The van der Waals surface area contributed by atoms with Crippen molar-refractivity contribution < 1.29 is 19.1 Å². The number of cyclic esters (lactones) is 1. The topological polar surface area (TPSA) is 65.0 Å². The van der Waals surface area contributed by atoms with Gasteiger partial charge in [-0.1, -0.05) is 12.1 Å². The van der Waals surface area contributed by atoms with Gasteiger partial charge in [-0.05, 0) is 70.6 Å². The predicted octanol–water partition coefficient (Wildman–Crippen LogP) is 3.42. The van der Waals surface area contributed by atoms with E-state index in [0.29, 0.717) is 5.56 Å². The Bertz CT molecular complexity index is 852. The minimum absolute atomic E-state index is 0.217. The van der Waals surface area contributed by atoms with Crippen LogP contribution in [-0.2, 0) is 14.3 Å². The van der Waals surface area contributed by atoms with Gasteiger partial charge in [0.25, 0.3) is 0 Å². The van der Waals surface area contributed by atoms with Crippen molar-refractivity contribution in [2.75, 3.05) is 7.11 Å². The zero-order valence-corrected chi connectivity index (χ0v) is 14.8. The average molecular weight is 433 g/mol. The SMILES string of the molecule is COC(=O)c1ccc(/C=C2\N=C(c3ccc(I)cc3)OC2=O)cc1. The van der Waals surface area contributed by atoms with Gasteiger partial charge in [0.15, 0.2) is 5.70 Å². The van der Waals surface area contributed by atoms with Crippen molar-refractivity contribution in [3.05, 3.63) is 74.5 Å². The summed E-state index contributed by atoms with van der Waals surface area (Å²) >= 11 is 2.20. The molecule has 1 aliphatic rings. The molecule has 0 fully saturated rings. The van der Waals surface area contributed by atoms with Gasteiger partial charge in [-0.2, -0.15) is 0 Å². The minimum Gasteiger partial charge on any atom is -0.465 e. The van der Waals surface area contributed by atoms with Gasteiger partial charge in [-0.25, -0.2) is 14.6 Å². The second kappa shape index (κ2) is 6.96. The maximum atomic E-state index is 12.0. The van der Waals surface area contributed by atoms with Gasteiger partial charge < -0.3 is 9.47 Å². The minimum atomic E-state index is -0.499. The fraction of sp³-hybridized carbons (Fsp3) is 0.0556. The second-order valence-electron chi connectivity index (χ2n) is 4.96. The molecule has 24 heavy (non-hydrogen) atoms. The predicted molar refractivity (Wildman–Crippen MR) is 97.5 cm³/mol. The Kier molecular flexibility index (Phi) is 4.75. The summed E-state index contributed by atoms with van der Waals surface area (Å²) in [6.45, 7) is 0. The number of carbonyl (C=O) groups excluding carboxylic acids is 2. The number of hydrogen-bond acceptors (Lipinski definition) is 5. The summed E-state index contributed by atoms with van der Waals surface area (Å²) in [6.07, 6.45) is 1.61. The quantitative estimate of drug-likeness (QED) is 0.423. The molecule has 3 rings (SSSR count). The van der Waals surface area contributed by atoms with Crippen molar-refractivity contribution in [1.82, 2.24) is 0 Å². The van der Waals surface area contributed by atoms with Gasteiger partial charge >= 0.3 is 11.9 Å². The van der Waals surface area contributed by atoms with E-state index in [1.54, 1.807) is 30.3 Å². The fourth-order valence-corrected chi connectivity index (χ4v) is 2.48. The van der Waals surface area contributed by atoms with Crippen LogP contribution in [0.5, 0.6) is 0 Å². The first-order valence-corrected chi connectivity index (χ1v) is 8.11. The second-order valence-corrected chi connectivity index (χ2v) is 6.20. The highest BCUT2D eigenvalue weighted by Gasteiger charge is 2.24. The van der Waals surface area contributed by atoms with Crippen LogP contribution in [0, 0.1) is 3.57 Å². The van der Waals surface area contributed by atoms with Crippen molar-refractivity contribution in [2.24, 2.45) is 4.99 Å². The molecule has 0 saturated carbocycles. The highest BCUT2D eigenvalue weighted by Crippen LogP contribution is 2.20. The molecule has 2 aromatic rings. The summed E-state index contributed by atoms with van der Waals surface area (Å²) in [5.41, 5.74) is 2.14. The maximum Gasteiger partial charge on any atom is 0.363 e. The van der Waals surface area contributed by atoms with E-state index < -0.39 is 11.9 Å². The Hall–Kier alpha value is -2.48. The van der Waals surface area contributed by atoms with E-state index in [4.69, 9.17) is 4.74 Å². The number of aliphatic imine (C=N–C) groups is 1. The number of hydrogen-bond donors (Lipinski definition) is 0. The van der Waals surface area contributed by atoms with Crippen molar-refractivity contribution >= 4 is 46.5 Å². The fourth-order valence-electron chi connectivity index (χ4n) is 2.12. The van der Waals surface area contributed by atoms with Crippen molar-refractivity contribution in [3.8, 4) is 0 Å². The molecular weight excluding hydrogens is 421 g/mol. The van der Waals surface area contributed by atoms with E-state index in [-0.39, 0.29) is 11.6 Å². The molecule has 0 N–H and O–H groups in total. The molecule has 0 aromatic heterocycles. The number of methoxy groups -OCH3 is 1. The highest BCUT2D eigenvalue weighted by molar-refractivity contribution is 14.1. The molecule has 6 heteroatoms. The lowest BCUT2D eigenvalue weighted by Gasteiger charge is -1.99. The number of esters is 2. The molecule has 1 aliphatic heterocycles. The lowest BCUT2D eigenvalue weighted by Crippen LogP contribution is -2.05. The van der Waals surface area contributed by atoms with Crippen LogP contribution in [-0.4, -0.2) is 24.9 Å². The third-order valence-electron chi connectivity index (χ3n) is 3.35. The Balaban J connectivity index is 1.85. The summed E-state index contributed by atoms with van der Waals surface area (Å²) in [5, 5.41) is 0. The summed E-state index contributed by atoms with van der Waals surface area (Å²) in [7, 11) is 1.33. The summed E-state index contributed by atoms with van der Waals surface area (Å²) in [6, 6.07) is 14.2. The number of rotatable bonds is 3. The normalized spacial score (nSPS) is 15.2. The zero-order valence-electron chi connectivity index (χ0n) is 12.7. The molecule has 120 valence electrons. The van der Waals surface area contributed by atoms with Gasteiger partial charge in [0.1, 0.15) is 0 Å². The highest BCUT2D eigenvalue weighted by atomic mass is 127. The molecule has 5 nitrogen and oxygen atoms in total. The first kappa shape index (κ1) is 16.4. The number of nitrogens with zero attached hydrogens (tertiary/aromatic N) is 1. The third kappa shape index (κ3) is 3.53. The Morgan fingerprint density at radius 1 is 1.12 bits per heavy atom. The third-order valence-corrected chi connectivity index (χ3v) is 4.07. The summed E-state index contributed by atoms with van der Waals surface area (Å²) in [4.78, 5) is 27.6. The van der Waals surface area contributed by atoms with Crippen molar-refractivity contribution in [3.63, 3.8) is 0 Å². The molecule has 0 unspecified atom stereocenters. The number of ether oxygens (including phenoxy) is 2. The van der Waals surface area contributed by atoms with E-state index >= 15 is 0 Å². The van der Waals surface area contributed by atoms with Gasteiger partial charge in [0.2, 0.25) is 5.90 Å². The monoisotopic (exact) mass is 433 g/mol. The molecule has 2 aromatic carbocycles. The van der Waals surface area contributed by atoms with Crippen LogP contribution in [0.4, 0.5) is 0 Å². The first-order chi connectivity index (χ1) is 11.6. The molecule has 0 amide bonds. The van der Waals surface area contributed by atoms with Crippen LogP contribution >= 0.6 is 22.6 Å². The molecular formula is C18H12INO4. The largest absolute Gasteiger partial charge is 0.465 e. The smallest absolute Gasteiger partial charge is 0.363 e. The lowest BCUT2D eigenvalue weighted by molar-refractivity contribution is -0.129. The van der Waals surface area contributed by atoms with Gasteiger partial charge in [0.05, 0.1) is 12.7 Å². The molecule has 1 heterocycles. The van der Waals surface area contributed by atoms with E-state index in [1.807, 2.05) is 24.3 Å². The van der Waals surface area contributed by atoms with Gasteiger partial charge in [-0.15, -0.1) is 0 Å². The molecule has 0 atom stereocenters. The lowest BCUT2D eigenvalue weighted by atomic mass is 10.1. The van der Waals surface area contributed by atoms with E-state index in [0.717, 1.165) is 14.7 Å². The Morgan fingerprint density at radius 3 is 2.42 bits per heavy atom. The van der Waals surface area contributed by atoms with Crippen LogP contribution in [0.3, 0.4) is 0 Å². The number of halogens is 1. The molecule has 0 saturated heterocycles. The van der Waals surface area contributed by atoms with Crippen molar-refractivity contribution in [2.45, 2.75) is 0 Å². The average Bonchev–Trinajstić information content (AvgIpc) is 2.96. The molecule has 0 bridgehead atoms. The van der Waals surface area contributed by atoms with Crippen LogP contribution in [0.2, 0.25) is 0 Å². The Morgan fingerprint density at radius 2 is 1.79 bits per heavy atom. The number of carbonyl (C=O) groups is 2. The van der Waals surface area contributed by atoms with E-state index in [2.05, 4.69) is 32.3 Å². The van der Waals surface area contributed by atoms with Gasteiger partial charge in [0, 0.05) is 9.13 Å². The van der Waals surface area contributed by atoms with Gasteiger partial charge in [-0.3, -0.25) is 0 Å². The van der Waals surface area contributed by atoms with E-state index in [1.165, 1.54) is 7.11 Å². The molecule has 0 spiro atoms. The van der Waals surface area contributed by atoms with Crippen LogP contribution < -0.4 is 0 Å². The number of benzene rings is 2. The standard InChI is InChI=1S/C18H12INO4/c1-23-17(21)13-4-2-11(3-5-13)10-15-18(22)24-16(20-15)12-6-8-14(19)9-7-12/h2-10H,1H3/b15-10-.